The second-order valence-electron chi connectivity index (χ2n) is 6.97. The van der Waals surface area contributed by atoms with E-state index in [4.69, 9.17) is 4.74 Å². The molecule has 1 aliphatic rings. The summed E-state index contributed by atoms with van der Waals surface area (Å²) in [4.78, 5) is 32.1. The zero-order chi connectivity index (χ0) is 22.0. The van der Waals surface area contributed by atoms with Crippen LogP contribution in [0.2, 0.25) is 0 Å². The average molecular weight is 440 g/mol. The van der Waals surface area contributed by atoms with Crippen molar-refractivity contribution >= 4 is 38.6 Å². The Morgan fingerprint density at radius 1 is 1.13 bits per heavy atom. The fraction of sp³-hybridized carbons (Fsp3) is 0.190. The molecule has 0 bridgehead atoms. The fourth-order valence-corrected chi connectivity index (χ4v) is 4.75. The minimum atomic E-state index is -3.69. The van der Waals surface area contributed by atoms with E-state index in [0.717, 1.165) is 16.5 Å². The van der Waals surface area contributed by atoms with E-state index in [2.05, 4.69) is 20.0 Å². The number of amides is 1. The van der Waals surface area contributed by atoms with E-state index in [0.29, 0.717) is 5.56 Å². The van der Waals surface area contributed by atoms with Gasteiger partial charge in [-0.2, -0.15) is 0 Å². The zero-order valence-electron chi connectivity index (χ0n) is 16.6. The molecule has 10 heteroatoms. The number of para-hydroxylation sites is 1. The molecular weight excluding hydrogens is 420 g/mol. The Labute approximate surface area is 178 Å². The summed E-state index contributed by atoms with van der Waals surface area (Å²) >= 11 is 0. The highest BCUT2D eigenvalue weighted by molar-refractivity contribution is 7.90. The van der Waals surface area contributed by atoms with Crippen LogP contribution in [0.25, 0.3) is 10.9 Å². The molecular formula is C21H20N4O5S. The molecule has 3 aromatic rings. The molecule has 1 amide bonds. The number of hydrogen-bond acceptors (Lipinski definition) is 6. The molecule has 0 saturated carbocycles. The molecule has 1 atom stereocenters. The number of ether oxygens (including phenoxy) is 1. The summed E-state index contributed by atoms with van der Waals surface area (Å²) in [5.41, 5.74) is 2.18. The predicted octanol–water partition coefficient (Wildman–Crippen LogP) is 1.11. The van der Waals surface area contributed by atoms with Crippen LogP contribution in [0, 0.1) is 0 Å². The molecule has 0 fully saturated rings. The maximum absolute atomic E-state index is 12.5. The van der Waals surface area contributed by atoms with Gasteiger partial charge in [0.2, 0.25) is 5.91 Å². The number of nitrogens with one attached hydrogen (secondary N) is 3. The monoisotopic (exact) mass is 440 g/mol. The second-order valence-corrected chi connectivity index (χ2v) is 8.62. The Morgan fingerprint density at radius 2 is 1.87 bits per heavy atom. The van der Waals surface area contributed by atoms with Gasteiger partial charge in [0.1, 0.15) is 18.4 Å². The van der Waals surface area contributed by atoms with Crippen molar-refractivity contribution < 1.29 is 22.7 Å². The number of amidine groups is 1. The van der Waals surface area contributed by atoms with Crippen molar-refractivity contribution in [3.8, 4) is 0 Å². The van der Waals surface area contributed by atoms with Gasteiger partial charge >= 0.3 is 5.97 Å². The summed E-state index contributed by atoms with van der Waals surface area (Å²) in [7, 11) is -2.44. The van der Waals surface area contributed by atoms with E-state index >= 15 is 0 Å². The largest absolute Gasteiger partial charge is 0.467 e. The van der Waals surface area contributed by atoms with Crippen molar-refractivity contribution in [2.45, 2.75) is 17.4 Å². The number of hydrogen-bond donors (Lipinski definition) is 3. The number of fused-ring (bicyclic) bond motifs is 2. The lowest BCUT2D eigenvalue weighted by atomic mass is 10.0. The number of aromatic amines is 1. The number of H-pyrrole nitrogens is 1. The first kappa shape index (κ1) is 20.6. The van der Waals surface area contributed by atoms with Crippen molar-refractivity contribution in [2.24, 2.45) is 4.99 Å². The van der Waals surface area contributed by atoms with Crippen LogP contribution in [-0.4, -0.2) is 50.8 Å². The van der Waals surface area contributed by atoms with Gasteiger partial charge in [-0.05, 0) is 23.8 Å². The normalized spacial score (nSPS) is 16.5. The van der Waals surface area contributed by atoms with E-state index in [1.54, 1.807) is 24.4 Å². The maximum Gasteiger partial charge on any atom is 0.328 e. The minimum Gasteiger partial charge on any atom is -0.467 e. The number of nitrogens with zero attached hydrogens (tertiary/aromatic N) is 1. The lowest BCUT2D eigenvalue weighted by Gasteiger charge is -2.15. The van der Waals surface area contributed by atoms with E-state index in [9.17, 15) is 18.0 Å². The number of rotatable bonds is 6. The van der Waals surface area contributed by atoms with Gasteiger partial charge < -0.3 is 15.0 Å². The van der Waals surface area contributed by atoms with E-state index < -0.39 is 27.9 Å². The first-order valence-corrected chi connectivity index (χ1v) is 11.0. The molecule has 160 valence electrons. The Bertz CT molecular complexity index is 1300. The maximum atomic E-state index is 12.5. The Balaban J connectivity index is 1.49. The summed E-state index contributed by atoms with van der Waals surface area (Å²) in [5, 5.41) is 3.57. The third-order valence-corrected chi connectivity index (χ3v) is 6.36. The molecule has 0 spiro atoms. The van der Waals surface area contributed by atoms with Crippen molar-refractivity contribution in [1.29, 1.82) is 0 Å². The molecule has 1 aliphatic heterocycles. The van der Waals surface area contributed by atoms with Gasteiger partial charge in [0.15, 0.2) is 0 Å². The zero-order valence-corrected chi connectivity index (χ0v) is 17.4. The third-order valence-electron chi connectivity index (χ3n) is 4.96. The number of benzene rings is 2. The molecule has 1 aromatic heterocycles. The summed E-state index contributed by atoms with van der Waals surface area (Å²) < 4.78 is 31.5. The van der Waals surface area contributed by atoms with Gasteiger partial charge in [0.05, 0.1) is 12.0 Å². The van der Waals surface area contributed by atoms with Crippen LogP contribution in [0.3, 0.4) is 0 Å². The predicted molar refractivity (Wildman–Crippen MR) is 114 cm³/mol. The lowest BCUT2D eigenvalue weighted by Crippen LogP contribution is -2.44. The molecule has 4 rings (SSSR count). The summed E-state index contributed by atoms with van der Waals surface area (Å²) in [5.74, 6) is -1.03. The molecule has 0 unspecified atom stereocenters. The van der Waals surface area contributed by atoms with Crippen LogP contribution in [0.1, 0.15) is 11.1 Å². The van der Waals surface area contributed by atoms with Crippen LogP contribution in [0.15, 0.2) is 64.6 Å². The number of sulfonamides is 1. The minimum absolute atomic E-state index is 0.0944. The first-order valence-electron chi connectivity index (χ1n) is 9.48. The van der Waals surface area contributed by atoms with Crippen molar-refractivity contribution in [3.63, 3.8) is 0 Å². The molecule has 2 heterocycles. The number of esters is 1. The topological polar surface area (TPSA) is 130 Å². The Kier molecular flexibility index (Phi) is 5.47. The van der Waals surface area contributed by atoms with Gasteiger partial charge in [0.25, 0.3) is 10.0 Å². The van der Waals surface area contributed by atoms with Crippen LogP contribution in [0.5, 0.6) is 0 Å². The standard InChI is InChI=1S/C21H20N4O5S/c1-30-21(27)17(10-13-11-22-16-8-4-2-6-14(13)16)24-19(26)12-23-20-15-7-3-5-9-18(15)31(28,29)25-20/h2-9,11,17,22H,10,12H2,1H3,(H,23,25)(H,24,26)/t17-/m1/s1. The number of methoxy groups -OCH3 is 1. The van der Waals surface area contributed by atoms with E-state index in [-0.39, 0.29) is 23.7 Å². The summed E-state index contributed by atoms with van der Waals surface area (Å²) in [6, 6.07) is 13.1. The number of aromatic nitrogens is 1. The molecule has 31 heavy (non-hydrogen) atoms. The highest BCUT2D eigenvalue weighted by Gasteiger charge is 2.30. The molecule has 0 radical (unpaired) electrons. The van der Waals surface area contributed by atoms with Crippen LogP contribution >= 0.6 is 0 Å². The number of carbonyl (C=O) groups excluding carboxylic acids is 2. The summed E-state index contributed by atoms with van der Waals surface area (Å²) in [6.45, 7) is -0.354. The molecule has 0 saturated heterocycles. The van der Waals surface area contributed by atoms with Crippen molar-refractivity contribution in [3.05, 3.63) is 65.9 Å². The molecule has 2 aromatic carbocycles. The first-order chi connectivity index (χ1) is 14.9. The van der Waals surface area contributed by atoms with Gasteiger partial charge in [-0.1, -0.05) is 30.3 Å². The fourth-order valence-electron chi connectivity index (χ4n) is 3.50. The second kappa shape index (κ2) is 8.23. The van der Waals surface area contributed by atoms with Crippen molar-refractivity contribution in [1.82, 2.24) is 15.0 Å². The van der Waals surface area contributed by atoms with Crippen LogP contribution in [0.4, 0.5) is 0 Å². The van der Waals surface area contributed by atoms with Crippen LogP contribution < -0.4 is 10.0 Å². The smallest absolute Gasteiger partial charge is 0.328 e. The lowest BCUT2D eigenvalue weighted by molar-refractivity contribution is -0.144. The van der Waals surface area contributed by atoms with Crippen LogP contribution in [-0.2, 0) is 30.8 Å². The summed E-state index contributed by atoms with van der Waals surface area (Å²) in [6.07, 6.45) is 2.02. The number of aliphatic imine (C=N–C) groups is 1. The Morgan fingerprint density at radius 3 is 2.68 bits per heavy atom. The molecule has 0 aliphatic carbocycles. The van der Waals surface area contributed by atoms with E-state index in [1.165, 1.54) is 13.2 Å². The molecule has 3 N–H and O–H groups in total. The average Bonchev–Trinajstić information content (AvgIpc) is 3.29. The highest BCUT2D eigenvalue weighted by atomic mass is 32.2. The van der Waals surface area contributed by atoms with Gasteiger partial charge in [0, 0.05) is 29.1 Å². The SMILES string of the molecule is COC(=O)[C@@H](Cc1c[nH]c2ccccc12)NC(=O)CN=C1NS(=O)(=O)c2ccccc21. The molecule has 9 nitrogen and oxygen atoms in total. The Hall–Kier alpha value is -3.66. The highest BCUT2D eigenvalue weighted by Crippen LogP contribution is 2.22. The van der Waals surface area contributed by atoms with E-state index in [1.807, 2.05) is 24.3 Å². The van der Waals surface area contributed by atoms with Gasteiger partial charge in [-0.15, -0.1) is 0 Å². The van der Waals surface area contributed by atoms with Crippen molar-refractivity contribution in [2.75, 3.05) is 13.7 Å². The number of carbonyl (C=O) groups is 2. The van der Waals surface area contributed by atoms with Gasteiger partial charge in [-0.3, -0.25) is 14.5 Å². The quantitative estimate of drug-likeness (QED) is 0.495. The third kappa shape index (κ3) is 4.15. The van der Waals surface area contributed by atoms with Gasteiger partial charge in [-0.25, -0.2) is 13.2 Å².